The molecule has 1 aliphatic rings. The minimum atomic E-state index is -0.254. The molecule has 7 heteroatoms. The van der Waals surface area contributed by atoms with Crippen LogP contribution in [0.15, 0.2) is 48.5 Å². The van der Waals surface area contributed by atoms with Crippen molar-refractivity contribution in [3.63, 3.8) is 0 Å². The second-order valence-corrected chi connectivity index (χ2v) is 7.98. The number of amides is 2. The average molecular weight is 427 g/mol. The third-order valence-electron chi connectivity index (χ3n) is 5.57. The number of likely N-dealkylation sites (N-methyl/N-ethyl adjacent to an activating group) is 1. The van der Waals surface area contributed by atoms with Gasteiger partial charge in [-0.05, 0) is 31.2 Å². The third kappa shape index (κ3) is 6.60. The van der Waals surface area contributed by atoms with E-state index in [-0.39, 0.29) is 24.2 Å². The highest BCUT2D eigenvalue weighted by Crippen LogP contribution is 2.15. The standard InChI is InChI=1S/C24H31FN4O2/c1-3-19-8-5-7-11-22(19)26-23(30)17-28-12-14-29(15-13-28)24(31)18-27(2)16-20-9-4-6-10-21(20)25/h4-11H,3,12-18H2,1-2H3,(H,26,30). The molecule has 0 aliphatic carbocycles. The summed E-state index contributed by atoms with van der Waals surface area (Å²) in [6.45, 7) is 5.50. The van der Waals surface area contributed by atoms with Crippen molar-refractivity contribution in [1.29, 1.82) is 0 Å². The number of rotatable bonds is 8. The molecule has 1 aliphatic heterocycles. The Morgan fingerprint density at radius 1 is 1.00 bits per heavy atom. The highest BCUT2D eigenvalue weighted by Gasteiger charge is 2.23. The zero-order valence-electron chi connectivity index (χ0n) is 18.3. The normalized spacial score (nSPS) is 14.6. The average Bonchev–Trinajstić information content (AvgIpc) is 2.76. The minimum absolute atomic E-state index is 0.0276. The highest BCUT2D eigenvalue weighted by atomic mass is 19.1. The van der Waals surface area contributed by atoms with Gasteiger partial charge in [-0.1, -0.05) is 43.3 Å². The van der Waals surface area contributed by atoms with Gasteiger partial charge in [-0.25, -0.2) is 4.39 Å². The second kappa shape index (κ2) is 11.0. The van der Waals surface area contributed by atoms with Crippen molar-refractivity contribution >= 4 is 17.5 Å². The van der Waals surface area contributed by atoms with E-state index in [4.69, 9.17) is 0 Å². The number of nitrogens with zero attached hydrogens (tertiary/aromatic N) is 3. The topological polar surface area (TPSA) is 55.9 Å². The van der Waals surface area contributed by atoms with E-state index in [0.29, 0.717) is 44.8 Å². The molecule has 166 valence electrons. The molecule has 31 heavy (non-hydrogen) atoms. The number of carbonyl (C=O) groups is 2. The number of anilines is 1. The molecule has 0 unspecified atom stereocenters. The van der Waals surface area contributed by atoms with Gasteiger partial charge < -0.3 is 10.2 Å². The number of hydrogen-bond acceptors (Lipinski definition) is 4. The van der Waals surface area contributed by atoms with E-state index in [1.807, 2.05) is 41.1 Å². The molecule has 1 heterocycles. The van der Waals surface area contributed by atoms with Crippen LogP contribution >= 0.6 is 0 Å². The Balaban J connectivity index is 1.42. The van der Waals surface area contributed by atoms with Crippen molar-refractivity contribution in [2.75, 3.05) is 51.6 Å². The quantitative estimate of drug-likeness (QED) is 0.705. The Bertz CT molecular complexity index is 897. The predicted molar refractivity (Wildman–Crippen MR) is 120 cm³/mol. The molecule has 2 amide bonds. The summed E-state index contributed by atoms with van der Waals surface area (Å²) < 4.78 is 13.8. The molecule has 0 bridgehead atoms. The van der Waals surface area contributed by atoms with E-state index in [1.165, 1.54) is 6.07 Å². The van der Waals surface area contributed by atoms with Gasteiger partial charge >= 0.3 is 0 Å². The van der Waals surface area contributed by atoms with Crippen molar-refractivity contribution in [2.45, 2.75) is 19.9 Å². The fraction of sp³-hybridized carbons (Fsp3) is 0.417. The van der Waals surface area contributed by atoms with E-state index < -0.39 is 0 Å². The van der Waals surface area contributed by atoms with Crippen molar-refractivity contribution < 1.29 is 14.0 Å². The van der Waals surface area contributed by atoms with Gasteiger partial charge in [0.05, 0.1) is 13.1 Å². The van der Waals surface area contributed by atoms with Crippen LogP contribution < -0.4 is 5.32 Å². The molecule has 0 atom stereocenters. The number of aryl methyl sites for hydroxylation is 1. The molecule has 3 rings (SSSR count). The van der Waals surface area contributed by atoms with Crippen LogP contribution in [-0.2, 0) is 22.6 Å². The van der Waals surface area contributed by atoms with Crippen LogP contribution in [0.1, 0.15) is 18.1 Å². The van der Waals surface area contributed by atoms with Crippen LogP contribution in [0.2, 0.25) is 0 Å². The molecule has 1 fully saturated rings. The van der Waals surface area contributed by atoms with Gasteiger partial charge in [0, 0.05) is 44.0 Å². The SMILES string of the molecule is CCc1ccccc1NC(=O)CN1CCN(C(=O)CN(C)Cc2ccccc2F)CC1. The Labute approximate surface area is 183 Å². The summed E-state index contributed by atoms with van der Waals surface area (Å²) in [4.78, 5) is 30.8. The van der Waals surface area contributed by atoms with Crippen LogP contribution in [0.4, 0.5) is 10.1 Å². The van der Waals surface area contributed by atoms with Crippen LogP contribution in [0.5, 0.6) is 0 Å². The van der Waals surface area contributed by atoms with Gasteiger partial charge in [-0.2, -0.15) is 0 Å². The molecule has 0 saturated carbocycles. The Morgan fingerprint density at radius 2 is 1.65 bits per heavy atom. The highest BCUT2D eigenvalue weighted by molar-refractivity contribution is 5.93. The molecular formula is C24H31FN4O2. The molecule has 0 aromatic heterocycles. The first-order valence-corrected chi connectivity index (χ1v) is 10.8. The van der Waals surface area contributed by atoms with Crippen molar-refractivity contribution in [1.82, 2.24) is 14.7 Å². The molecule has 2 aromatic carbocycles. The Kier molecular flexibility index (Phi) is 8.14. The molecule has 1 saturated heterocycles. The summed E-state index contributed by atoms with van der Waals surface area (Å²) in [5.41, 5.74) is 2.56. The van der Waals surface area contributed by atoms with E-state index in [0.717, 1.165) is 17.7 Å². The lowest BCUT2D eigenvalue weighted by Crippen LogP contribution is -2.52. The number of piperazine rings is 1. The van der Waals surface area contributed by atoms with Crippen LogP contribution in [0.3, 0.4) is 0 Å². The molecule has 2 aromatic rings. The maximum absolute atomic E-state index is 13.8. The van der Waals surface area contributed by atoms with Crippen LogP contribution in [-0.4, -0.2) is 72.8 Å². The largest absolute Gasteiger partial charge is 0.339 e. The first-order chi connectivity index (χ1) is 15.0. The van der Waals surface area contributed by atoms with E-state index in [9.17, 15) is 14.0 Å². The summed E-state index contributed by atoms with van der Waals surface area (Å²) >= 11 is 0. The number of carbonyl (C=O) groups excluding carboxylic acids is 2. The summed E-state index contributed by atoms with van der Waals surface area (Å²) in [5.74, 6) is -0.264. The fourth-order valence-electron chi connectivity index (χ4n) is 3.80. The second-order valence-electron chi connectivity index (χ2n) is 7.98. The lowest BCUT2D eigenvalue weighted by molar-refractivity contribution is -0.134. The number of benzene rings is 2. The molecular weight excluding hydrogens is 395 g/mol. The fourth-order valence-corrected chi connectivity index (χ4v) is 3.80. The monoisotopic (exact) mass is 426 g/mol. The first-order valence-electron chi connectivity index (χ1n) is 10.8. The first kappa shape index (κ1) is 22.9. The van der Waals surface area contributed by atoms with Gasteiger partial charge in [0.25, 0.3) is 0 Å². The molecule has 0 spiro atoms. The van der Waals surface area contributed by atoms with Crippen molar-refractivity contribution in [3.8, 4) is 0 Å². The van der Waals surface area contributed by atoms with Gasteiger partial charge in [0.15, 0.2) is 0 Å². The van der Waals surface area contributed by atoms with Gasteiger partial charge in [-0.3, -0.25) is 19.4 Å². The summed E-state index contributed by atoms with van der Waals surface area (Å²) in [6, 6.07) is 14.5. The summed E-state index contributed by atoms with van der Waals surface area (Å²) in [7, 11) is 1.82. The minimum Gasteiger partial charge on any atom is -0.339 e. The maximum atomic E-state index is 13.8. The van der Waals surface area contributed by atoms with E-state index >= 15 is 0 Å². The number of nitrogens with one attached hydrogen (secondary N) is 1. The van der Waals surface area contributed by atoms with Gasteiger partial charge in [-0.15, -0.1) is 0 Å². The number of halogens is 1. The zero-order valence-corrected chi connectivity index (χ0v) is 18.3. The Morgan fingerprint density at radius 3 is 2.32 bits per heavy atom. The van der Waals surface area contributed by atoms with Crippen LogP contribution in [0.25, 0.3) is 0 Å². The van der Waals surface area contributed by atoms with E-state index in [2.05, 4.69) is 17.1 Å². The predicted octanol–water partition coefficient (Wildman–Crippen LogP) is 2.60. The molecule has 1 N–H and O–H groups in total. The van der Waals surface area contributed by atoms with Crippen LogP contribution in [0, 0.1) is 5.82 Å². The smallest absolute Gasteiger partial charge is 0.238 e. The lowest BCUT2D eigenvalue weighted by Gasteiger charge is -2.35. The number of para-hydroxylation sites is 1. The lowest BCUT2D eigenvalue weighted by atomic mass is 10.1. The van der Waals surface area contributed by atoms with Crippen molar-refractivity contribution in [2.24, 2.45) is 0 Å². The van der Waals surface area contributed by atoms with Gasteiger partial charge in [0.2, 0.25) is 11.8 Å². The Hall–Kier alpha value is -2.77. The zero-order chi connectivity index (χ0) is 22.2. The number of hydrogen-bond donors (Lipinski definition) is 1. The van der Waals surface area contributed by atoms with Gasteiger partial charge in [0.1, 0.15) is 5.82 Å². The van der Waals surface area contributed by atoms with Crippen molar-refractivity contribution in [3.05, 3.63) is 65.5 Å². The maximum Gasteiger partial charge on any atom is 0.238 e. The molecule has 0 radical (unpaired) electrons. The summed E-state index contributed by atoms with van der Waals surface area (Å²) in [5, 5.41) is 3.00. The molecule has 6 nitrogen and oxygen atoms in total. The van der Waals surface area contributed by atoms with E-state index in [1.54, 1.807) is 18.2 Å². The third-order valence-corrected chi connectivity index (χ3v) is 5.57. The summed E-state index contributed by atoms with van der Waals surface area (Å²) in [6.07, 6.45) is 0.864.